The highest BCUT2D eigenvalue weighted by Gasteiger charge is 2.33. The van der Waals surface area contributed by atoms with Crippen molar-refractivity contribution in [2.45, 2.75) is 50.7 Å². The summed E-state index contributed by atoms with van der Waals surface area (Å²) in [7, 11) is 0. The number of rotatable bonds is 6. The summed E-state index contributed by atoms with van der Waals surface area (Å²) < 4.78 is 34.8. The van der Waals surface area contributed by atoms with E-state index in [0.717, 1.165) is 74.7 Å². The Hall–Kier alpha value is -3.13. The maximum absolute atomic E-state index is 14.5. The van der Waals surface area contributed by atoms with Crippen molar-refractivity contribution in [3.8, 4) is 11.5 Å². The first-order valence-electron chi connectivity index (χ1n) is 13.3. The van der Waals surface area contributed by atoms with Crippen LogP contribution in [0.25, 0.3) is 11.0 Å². The Kier molecular flexibility index (Phi) is 6.22. The third-order valence-corrected chi connectivity index (χ3v) is 8.23. The SMILES string of the molecule is Fc1cc(Cl)ccc1[C@H]1Oc2cccc(C3CCN(Cc4nc5ccccc5n4C[C@@H]4CCO4)CC3)c2O1. The first-order chi connectivity index (χ1) is 18.6. The van der Waals surface area contributed by atoms with Crippen LogP contribution in [0.5, 0.6) is 11.5 Å². The van der Waals surface area contributed by atoms with Crippen molar-refractivity contribution in [1.29, 1.82) is 0 Å². The molecular weight excluding hydrogens is 505 g/mol. The smallest absolute Gasteiger partial charge is 0.270 e. The summed E-state index contributed by atoms with van der Waals surface area (Å²) in [5, 5.41) is 0.348. The second-order valence-electron chi connectivity index (χ2n) is 10.4. The molecule has 2 saturated heterocycles. The highest BCUT2D eigenvalue weighted by Crippen LogP contribution is 2.47. The van der Waals surface area contributed by atoms with E-state index in [1.54, 1.807) is 12.1 Å². The number of hydrogen-bond donors (Lipinski definition) is 0. The van der Waals surface area contributed by atoms with Gasteiger partial charge in [0.2, 0.25) is 0 Å². The largest absolute Gasteiger partial charge is 0.447 e. The molecule has 4 heterocycles. The first-order valence-corrected chi connectivity index (χ1v) is 13.7. The lowest BCUT2D eigenvalue weighted by atomic mass is 9.88. The van der Waals surface area contributed by atoms with Crippen LogP contribution in [0, 0.1) is 5.82 Å². The maximum atomic E-state index is 14.5. The van der Waals surface area contributed by atoms with E-state index in [-0.39, 0.29) is 6.10 Å². The van der Waals surface area contributed by atoms with Crippen molar-refractivity contribution < 1.29 is 18.6 Å². The number of ether oxygens (including phenoxy) is 3. The van der Waals surface area contributed by atoms with Crippen LogP contribution in [0.2, 0.25) is 5.02 Å². The number of piperidine rings is 1. The van der Waals surface area contributed by atoms with Gasteiger partial charge in [0.05, 0.1) is 35.8 Å². The first kappa shape index (κ1) is 23.9. The van der Waals surface area contributed by atoms with Gasteiger partial charge in [-0.1, -0.05) is 35.9 Å². The molecule has 4 aromatic rings. The summed E-state index contributed by atoms with van der Waals surface area (Å²) >= 11 is 5.93. The second-order valence-corrected chi connectivity index (χ2v) is 10.8. The van der Waals surface area contributed by atoms with Gasteiger partial charge in [-0.2, -0.15) is 0 Å². The van der Waals surface area contributed by atoms with Gasteiger partial charge in [-0.3, -0.25) is 4.90 Å². The van der Waals surface area contributed by atoms with Crippen molar-refractivity contribution in [3.05, 3.63) is 88.5 Å². The molecule has 3 aromatic carbocycles. The Labute approximate surface area is 225 Å². The Bertz CT molecular complexity index is 1480. The van der Waals surface area contributed by atoms with E-state index in [9.17, 15) is 4.39 Å². The predicted octanol–water partition coefficient (Wildman–Crippen LogP) is 6.47. The normalized spacial score (nSPS) is 21.6. The number of aromatic nitrogens is 2. The molecule has 0 saturated carbocycles. The molecule has 6 nitrogen and oxygen atoms in total. The molecule has 2 atom stereocenters. The van der Waals surface area contributed by atoms with Crippen LogP contribution < -0.4 is 9.47 Å². The minimum absolute atomic E-state index is 0.282. The molecule has 3 aliphatic heterocycles. The van der Waals surface area contributed by atoms with Gasteiger partial charge in [-0.05, 0) is 74.7 Å². The summed E-state index contributed by atoms with van der Waals surface area (Å²) in [6, 6.07) is 18.9. The van der Waals surface area contributed by atoms with Crippen molar-refractivity contribution in [2.75, 3.05) is 19.7 Å². The summed E-state index contributed by atoms with van der Waals surface area (Å²) in [4.78, 5) is 7.47. The Morgan fingerprint density at radius 1 is 0.947 bits per heavy atom. The molecule has 8 heteroatoms. The molecule has 0 bridgehead atoms. The zero-order valence-electron chi connectivity index (χ0n) is 21.0. The summed E-state index contributed by atoms with van der Waals surface area (Å²) in [5.74, 6) is 2.41. The molecule has 0 aliphatic carbocycles. The van der Waals surface area contributed by atoms with Crippen molar-refractivity contribution in [2.24, 2.45) is 0 Å². The molecule has 1 aromatic heterocycles. The molecule has 196 valence electrons. The van der Waals surface area contributed by atoms with Crippen molar-refractivity contribution in [1.82, 2.24) is 14.5 Å². The molecular formula is C30H29ClFN3O3. The van der Waals surface area contributed by atoms with E-state index in [0.29, 0.717) is 22.3 Å². The number of fused-ring (bicyclic) bond motifs is 2. The van der Waals surface area contributed by atoms with Gasteiger partial charge in [0.25, 0.3) is 6.29 Å². The van der Waals surface area contributed by atoms with Gasteiger partial charge in [-0.25, -0.2) is 9.37 Å². The molecule has 3 aliphatic rings. The average molecular weight is 534 g/mol. The molecule has 0 amide bonds. The molecule has 0 spiro atoms. The lowest BCUT2D eigenvalue weighted by Crippen LogP contribution is -2.35. The maximum Gasteiger partial charge on any atom is 0.270 e. The number of likely N-dealkylation sites (tertiary alicyclic amines) is 1. The van der Waals surface area contributed by atoms with Gasteiger partial charge < -0.3 is 18.8 Å². The van der Waals surface area contributed by atoms with E-state index in [1.807, 2.05) is 18.2 Å². The summed E-state index contributed by atoms with van der Waals surface area (Å²) in [5.41, 5.74) is 3.70. The van der Waals surface area contributed by atoms with E-state index in [4.69, 9.17) is 30.8 Å². The lowest BCUT2D eigenvalue weighted by molar-refractivity contribution is -0.0592. The van der Waals surface area contributed by atoms with Crippen LogP contribution in [0.15, 0.2) is 60.7 Å². The third kappa shape index (κ3) is 4.42. The van der Waals surface area contributed by atoms with Crippen molar-refractivity contribution in [3.63, 3.8) is 0 Å². The van der Waals surface area contributed by atoms with Crippen LogP contribution in [-0.2, 0) is 17.8 Å². The number of imidazole rings is 1. The van der Waals surface area contributed by atoms with Gasteiger partial charge in [0.15, 0.2) is 11.5 Å². The number of nitrogens with zero attached hydrogens (tertiary/aromatic N) is 3. The molecule has 0 radical (unpaired) electrons. The fourth-order valence-corrected chi connectivity index (χ4v) is 5.98. The molecule has 2 fully saturated rings. The van der Waals surface area contributed by atoms with Crippen LogP contribution in [0.1, 0.15) is 48.4 Å². The number of halogens is 2. The number of benzene rings is 3. The third-order valence-electron chi connectivity index (χ3n) is 7.99. The standard InChI is InChI=1S/C30H29ClFN3O3/c31-20-8-9-23(24(32)16-20)30-37-27-7-3-4-22(29(27)38-30)19-10-13-34(14-11-19)18-28-33-25-5-1-2-6-26(25)35(28)17-21-12-15-36-21/h1-9,16,19,21,30H,10-15,17-18H2/t21-,30-/m0/s1. The summed E-state index contributed by atoms with van der Waals surface area (Å²) in [6.45, 7) is 4.46. The molecule has 0 N–H and O–H groups in total. The Balaban J connectivity index is 1.05. The quantitative estimate of drug-likeness (QED) is 0.284. The zero-order chi connectivity index (χ0) is 25.6. The predicted molar refractivity (Wildman–Crippen MR) is 143 cm³/mol. The fraction of sp³-hybridized carbons (Fsp3) is 0.367. The summed E-state index contributed by atoms with van der Waals surface area (Å²) in [6.07, 6.45) is 2.59. The van der Waals surface area contributed by atoms with Crippen LogP contribution in [0.4, 0.5) is 4.39 Å². The van der Waals surface area contributed by atoms with Gasteiger partial charge >= 0.3 is 0 Å². The van der Waals surface area contributed by atoms with Crippen molar-refractivity contribution >= 4 is 22.6 Å². The average Bonchev–Trinajstić information content (AvgIpc) is 3.48. The van der Waals surface area contributed by atoms with Gasteiger partial charge in [-0.15, -0.1) is 0 Å². The number of para-hydroxylation sites is 3. The Morgan fingerprint density at radius 2 is 1.79 bits per heavy atom. The van der Waals surface area contributed by atoms with Gasteiger partial charge in [0, 0.05) is 17.2 Å². The second kappa shape index (κ2) is 9.88. The minimum atomic E-state index is -0.809. The van der Waals surface area contributed by atoms with E-state index in [2.05, 4.69) is 33.7 Å². The molecule has 7 rings (SSSR count). The van der Waals surface area contributed by atoms with E-state index in [1.165, 1.54) is 11.6 Å². The Morgan fingerprint density at radius 3 is 2.58 bits per heavy atom. The highest BCUT2D eigenvalue weighted by molar-refractivity contribution is 6.30. The van der Waals surface area contributed by atoms with E-state index >= 15 is 0 Å². The topological polar surface area (TPSA) is 48.8 Å². The van der Waals surface area contributed by atoms with Crippen LogP contribution in [-0.4, -0.2) is 40.3 Å². The van der Waals surface area contributed by atoms with E-state index < -0.39 is 12.1 Å². The monoisotopic (exact) mass is 533 g/mol. The van der Waals surface area contributed by atoms with Gasteiger partial charge in [0.1, 0.15) is 11.6 Å². The van der Waals surface area contributed by atoms with Crippen LogP contribution in [0.3, 0.4) is 0 Å². The minimum Gasteiger partial charge on any atom is -0.447 e. The van der Waals surface area contributed by atoms with Crippen LogP contribution >= 0.6 is 11.6 Å². The molecule has 38 heavy (non-hydrogen) atoms. The number of hydrogen-bond acceptors (Lipinski definition) is 5. The fourth-order valence-electron chi connectivity index (χ4n) is 5.82. The molecule has 0 unspecified atom stereocenters. The zero-order valence-corrected chi connectivity index (χ0v) is 21.7. The lowest BCUT2D eigenvalue weighted by Gasteiger charge is -2.33. The highest BCUT2D eigenvalue weighted by atomic mass is 35.5.